The van der Waals surface area contributed by atoms with Gasteiger partial charge < -0.3 is 14.9 Å². The van der Waals surface area contributed by atoms with Crippen LogP contribution in [0.15, 0.2) is 78.9 Å². The maximum Gasteiger partial charge on any atom is 0.119 e. The zero-order chi connectivity index (χ0) is 19.8. The van der Waals surface area contributed by atoms with Crippen LogP contribution in [0.5, 0.6) is 11.5 Å². The van der Waals surface area contributed by atoms with Crippen molar-refractivity contribution >= 4 is 22.7 Å². The second-order valence-electron chi connectivity index (χ2n) is 6.30. The number of alkyl halides is 1. The maximum absolute atomic E-state index is 9.67. The highest BCUT2D eigenvalue weighted by molar-refractivity contribution is 6.18. The van der Waals surface area contributed by atoms with Crippen LogP contribution in [0.1, 0.15) is 23.1 Å². The van der Waals surface area contributed by atoms with Crippen molar-refractivity contribution in [1.29, 1.82) is 0 Å². The molecule has 3 rings (SSSR count). The minimum Gasteiger partial charge on any atom is -0.508 e. The highest BCUT2D eigenvalue weighted by Crippen LogP contribution is 2.35. The number of ether oxygens (including phenoxy) is 1. The lowest BCUT2D eigenvalue weighted by Gasteiger charge is -2.17. The van der Waals surface area contributed by atoms with Gasteiger partial charge in [0.25, 0.3) is 0 Å². The first-order valence-corrected chi connectivity index (χ1v) is 9.74. The molecular formula is C24H23ClO3. The summed E-state index contributed by atoms with van der Waals surface area (Å²) in [4.78, 5) is 0. The molecule has 144 valence electrons. The van der Waals surface area contributed by atoms with Gasteiger partial charge in [-0.15, -0.1) is 11.6 Å². The molecule has 0 atom stereocenters. The number of aliphatic hydroxyl groups is 1. The van der Waals surface area contributed by atoms with Crippen molar-refractivity contribution in [3.63, 3.8) is 0 Å². The largest absolute Gasteiger partial charge is 0.508 e. The van der Waals surface area contributed by atoms with Gasteiger partial charge in [-0.05, 0) is 58.5 Å². The summed E-state index contributed by atoms with van der Waals surface area (Å²) in [6.07, 6.45) is 0.694. The van der Waals surface area contributed by atoms with Crippen molar-refractivity contribution in [2.75, 3.05) is 19.1 Å². The fourth-order valence-corrected chi connectivity index (χ4v) is 3.36. The van der Waals surface area contributed by atoms with Crippen LogP contribution in [0.25, 0.3) is 11.1 Å². The van der Waals surface area contributed by atoms with Gasteiger partial charge in [0.1, 0.15) is 18.1 Å². The number of aromatic hydroxyl groups is 1. The van der Waals surface area contributed by atoms with E-state index in [2.05, 4.69) is 12.1 Å². The Morgan fingerprint density at radius 1 is 0.786 bits per heavy atom. The molecule has 0 heterocycles. The maximum atomic E-state index is 9.67. The SMILES string of the molecule is OCCOc1ccc(/C(=C(/CCCl)c2ccc(O)cc2)c2ccccc2)cc1. The molecule has 3 aromatic carbocycles. The third-order valence-corrected chi connectivity index (χ3v) is 4.62. The molecule has 3 aromatic rings. The van der Waals surface area contributed by atoms with E-state index in [0.29, 0.717) is 18.1 Å². The van der Waals surface area contributed by atoms with Gasteiger partial charge in [-0.3, -0.25) is 0 Å². The summed E-state index contributed by atoms with van der Waals surface area (Å²) in [5, 5.41) is 18.6. The summed E-state index contributed by atoms with van der Waals surface area (Å²) >= 11 is 6.15. The number of rotatable bonds is 8. The molecule has 0 aromatic heterocycles. The fraction of sp³-hybridized carbons (Fsp3) is 0.167. The Morgan fingerprint density at radius 3 is 2.00 bits per heavy atom. The molecule has 0 saturated carbocycles. The van der Waals surface area contributed by atoms with Gasteiger partial charge in [0.15, 0.2) is 0 Å². The molecule has 0 amide bonds. The van der Waals surface area contributed by atoms with Gasteiger partial charge in [-0.2, -0.15) is 0 Å². The van der Waals surface area contributed by atoms with Crippen LogP contribution >= 0.6 is 11.6 Å². The number of phenols is 1. The Bertz CT molecular complexity index is 901. The van der Waals surface area contributed by atoms with Gasteiger partial charge in [-0.25, -0.2) is 0 Å². The molecule has 0 spiro atoms. The molecule has 0 unspecified atom stereocenters. The Hall–Kier alpha value is -2.75. The lowest BCUT2D eigenvalue weighted by molar-refractivity contribution is 0.201. The number of phenolic OH excluding ortho intramolecular Hbond substituents is 1. The molecule has 0 radical (unpaired) electrons. The number of allylic oxidation sites excluding steroid dienone is 1. The fourth-order valence-electron chi connectivity index (χ4n) is 3.17. The van der Waals surface area contributed by atoms with Crippen molar-refractivity contribution in [3.8, 4) is 11.5 Å². The summed E-state index contributed by atoms with van der Waals surface area (Å²) in [6.45, 7) is 0.253. The monoisotopic (exact) mass is 394 g/mol. The Kier molecular flexibility index (Phi) is 7.12. The molecule has 4 heteroatoms. The molecule has 0 aliphatic heterocycles. The summed E-state index contributed by atoms with van der Waals surface area (Å²) in [5.41, 5.74) is 5.39. The smallest absolute Gasteiger partial charge is 0.119 e. The van der Waals surface area contributed by atoms with E-state index in [1.165, 1.54) is 0 Å². The average Bonchev–Trinajstić information content (AvgIpc) is 2.74. The topological polar surface area (TPSA) is 49.7 Å². The summed E-state index contributed by atoms with van der Waals surface area (Å²) in [6, 6.07) is 25.3. The standard InChI is InChI=1S/C24H23ClO3/c25-15-14-23(18-6-10-21(27)11-7-18)24(19-4-2-1-3-5-19)20-8-12-22(13-9-20)28-17-16-26/h1-13,26-27H,14-17H2/b24-23-. The summed E-state index contributed by atoms with van der Waals surface area (Å²) in [5.74, 6) is 1.44. The van der Waals surface area contributed by atoms with Crippen LogP contribution in [0.2, 0.25) is 0 Å². The first-order valence-electron chi connectivity index (χ1n) is 9.21. The quantitative estimate of drug-likeness (QED) is 0.400. The van der Waals surface area contributed by atoms with E-state index >= 15 is 0 Å². The van der Waals surface area contributed by atoms with Crippen molar-refractivity contribution in [3.05, 3.63) is 95.6 Å². The third-order valence-electron chi connectivity index (χ3n) is 4.43. The van der Waals surface area contributed by atoms with Gasteiger partial charge in [0.05, 0.1) is 6.61 Å². The molecule has 2 N–H and O–H groups in total. The van der Waals surface area contributed by atoms with Crippen LogP contribution in [0, 0.1) is 0 Å². The second-order valence-corrected chi connectivity index (χ2v) is 6.68. The third kappa shape index (κ3) is 4.94. The molecule has 0 bridgehead atoms. The predicted octanol–water partition coefficient (Wildman–Crippen LogP) is 5.35. The predicted molar refractivity (Wildman–Crippen MR) is 115 cm³/mol. The number of benzene rings is 3. The van der Waals surface area contributed by atoms with Gasteiger partial charge in [0.2, 0.25) is 0 Å². The summed E-state index contributed by atoms with van der Waals surface area (Å²) in [7, 11) is 0. The van der Waals surface area contributed by atoms with Crippen LogP contribution in [0.4, 0.5) is 0 Å². The van der Waals surface area contributed by atoms with Crippen molar-refractivity contribution in [2.45, 2.75) is 6.42 Å². The number of hydrogen-bond donors (Lipinski definition) is 2. The molecule has 0 fully saturated rings. The zero-order valence-corrected chi connectivity index (χ0v) is 16.3. The molecule has 0 saturated heterocycles. The van der Waals surface area contributed by atoms with E-state index in [-0.39, 0.29) is 19.0 Å². The van der Waals surface area contributed by atoms with Gasteiger partial charge in [-0.1, -0.05) is 54.6 Å². The van der Waals surface area contributed by atoms with Crippen LogP contribution < -0.4 is 4.74 Å². The van der Waals surface area contributed by atoms with E-state index in [4.69, 9.17) is 21.4 Å². The highest BCUT2D eigenvalue weighted by atomic mass is 35.5. The first-order chi connectivity index (χ1) is 13.7. The van der Waals surface area contributed by atoms with Crippen LogP contribution in [-0.2, 0) is 0 Å². The Morgan fingerprint density at radius 2 is 1.39 bits per heavy atom. The lowest BCUT2D eigenvalue weighted by Crippen LogP contribution is -2.01. The minimum absolute atomic E-state index is 0.0162. The van der Waals surface area contributed by atoms with E-state index in [1.54, 1.807) is 12.1 Å². The first kappa shape index (κ1) is 20.0. The highest BCUT2D eigenvalue weighted by Gasteiger charge is 2.14. The number of aliphatic hydroxyl groups excluding tert-OH is 1. The van der Waals surface area contributed by atoms with Crippen molar-refractivity contribution in [2.24, 2.45) is 0 Å². The van der Waals surface area contributed by atoms with Crippen molar-refractivity contribution < 1.29 is 14.9 Å². The Balaban J connectivity index is 2.14. The zero-order valence-electron chi connectivity index (χ0n) is 15.5. The molecule has 0 aliphatic rings. The van der Waals surface area contributed by atoms with Crippen molar-refractivity contribution in [1.82, 2.24) is 0 Å². The second kappa shape index (κ2) is 9.98. The Labute approximate surface area is 170 Å². The minimum atomic E-state index is -0.0162. The molecule has 3 nitrogen and oxygen atoms in total. The van der Waals surface area contributed by atoms with Gasteiger partial charge in [0, 0.05) is 5.88 Å². The van der Waals surface area contributed by atoms with Crippen LogP contribution in [-0.4, -0.2) is 29.3 Å². The normalized spacial score (nSPS) is 11.8. The van der Waals surface area contributed by atoms with Gasteiger partial charge >= 0.3 is 0 Å². The van der Waals surface area contributed by atoms with E-state index in [1.807, 2.05) is 54.6 Å². The number of hydrogen-bond acceptors (Lipinski definition) is 3. The number of halogens is 1. The lowest BCUT2D eigenvalue weighted by atomic mass is 9.88. The van der Waals surface area contributed by atoms with Crippen LogP contribution in [0.3, 0.4) is 0 Å². The molecule has 28 heavy (non-hydrogen) atoms. The summed E-state index contributed by atoms with van der Waals surface area (Å²) < 4.78 is 5.49. The molecule has 0 aliphatic carbocycles. The van der Waals surface area contributed by atoms with E-state index in [9.17, 15) is 5.11 Å². The van der Waals surface area contributed by atoms with E-state index < -0.39 is 0 Å². The van der Waals surface area contributed by atoms with E-state index in [0.717, 1.165) is 27.8 Å². The average molecular weight is 395 g/mol. The molecular weight excluding hydrogens is 372 g/mol.